The molecule has 22 valence electrons. The van der Waals surface area contributed by atoms with Crippen LogP contribution in [0.2, 0.25) is 6.82 Å². The molecular formula is CH4BOP. The Morgan fingerprint density at radius 2 is 2.25 bits per heavy atom. The predicted molar refractivity (Wildman–Crippen MR) is 20.6 cm³/mol. The first-order valence-corrected chi connectivity index (χ1v) is 2.20. The van der Waals surface area contributed by atoms with E-state index in [1.54, 1.807) is 0 Å². The van der Waals surface area contributed by atoms with Crippen molar-refractivity contribution in [2.75, 3.05) is 0 Å². The van der Waals surface area contributed by atoms with Gasteiger partial charge in [0, 0.05) is 0 Å². The van der Waals surface area contributed by atoms with Gasteiger partial charge in [-0.3, -0.25) is 4.57 Å². The standard InChI is InChI=1S/CH4BOP/c1-2-4-3/h2H,1H3. The van der Waals surface area contributed by atoms with Crippen LogP contribution in [0.1, 0.15) is 0 Å². The second-order valence-electron chi connectivity index (χ2n) is 0.445. The predicted octanol–water partition coefficient (Wildman–Crippen LogP) is 0.678. The van der Waals surface area contributed by atoms with Gasteiger partial charge in [0.2, 0.25) is 7.00 Å². The summed E-state index contributed by atoms with van der Waals surface area (Å²) in [6.07, 6.45) is 0. The monoisotopic (exact) mass is 74.0 g/mol. The largest absolute Gasteiger partial charge is 0.288 e. The number of rotatable bonds is 1. The fraction of sp³-hybridized carbons (Fsp3) is 1.00. The van der Waals surface area contributed by atoms with E-state index >= 15 is 0 Å². The minimum Gasteiger partial charge on any atom is -0.288 e. The second-order valence-corrected chi connectivity index (χ2v) is 1.34. The molecule has 0 amide bonds. The third kappa shape index (κ3) is 2.16. The van der Waals surface area contributed by atoms with Gasteiger partial charge >= 0.3 is 0 Å². The maximum Gasteiger partial charge on any atom is 0.236 e. The average molecular weight is 73.8 g/mol. The lowest BCUT2D eigenvalue weighted by Crippen LogP contribution is -1.48. The summed E-state index contributed by atoms with van der Waals surface area (Å²) < 4.78 is 9.27. The summed E-state index contributed by atoms with van der Waals surface area (Å²) in [5.74, 6) is 0. The molecule has 0 unspecified atom stereocenters. The molecule has 0 fully saturated rings. The van der Waals surface area contributed by atoms with Crippen LogP contribution in [0.3, 0.4) is 0 Å². The fourth-order valence-corrected chi connectivity index (χ4v) is 0. The molecule has 0 aromatic rings. The van der Waals surface area contributed by atoms with Gasteiger partial charge in [-0.05, 0) is 0 Å². The molecule has 0 saturated carbocycles. The van der Waals surface area contributed by atoms with Gasteiger partial charge in [0.15, 0.2) is 0 Å². The molecule has 0 N–H and O–H groups in total. The minimum atomic E-state index is 0.248. The summed E-state index contributed by atoms with van der Waals surface area (Å²) >= 11 is 0. The molecule has 1 nitrogen and oxygen atoms in total. The normalized spacial score (nSPS) is 7.25. The Labute approximate surface area is 27.8 Å². The zero-order valence-electron chi connectivity index (χ0n) is 2.56. The summed E-state index contributed by atoms with van der Waals surface area (Å²) in [5.41, 5.74) is 0. The van der Waals surface area contributed by atoms with E-state index in [2.05, 4.69) is 0 Å². The first kappa shape index (κ1) is 4.16. The first-order valence-electron chi connectivity index (χ1n) is 1.21. The number of hydrogen-bond acceptors (Lipinski definition) is 1. The van der Waals surface area contributed by atoms with Gasteiger partial charge in [-0.1, -0.05) is 6.82 Å². The maximum absolute atomic E-state index is 9.27. The molecule has 4 heavy (non-hydrogen) atoms. The molecule has 0 aliphatic carbocycles. The topological polar surface area (TPSA) is 17.1 Å². The van der Waals surface area contributed by atoms with Crippen molar-refractivity contribution in [3.05, 3.63) is 0 Å². The van der Waals surface area contributed by atoms with Crippen LogP contribution >= 0.6 is 8.34 Å². The van der Waals surface area contributed by atoms with Crippen LogP contribution in [-0.2, 0) is 4.57 Å². The lowest BCUT2D eigenvalue weighted by molar-refractivity contribution is 0.605. The van der Waals surface area contributed by atoms with E-state index in [1.807, 2.05) is 6.82 Å². The lowest BCUT2D eigenvalue weighted by atomic mass is 10.2. The molecule has 3 heteroatoms. The van der Waals surface area contributed by atoms with Crippen LogP contribution in [0.25, 0.3) is 0 Å². The van der Waals surface area contributed by atoms with Gasteiger partial charge in [0.1, 0.15) is 0 Å². The Bertz CT molecular complexity index is 22.0. The molecule has 0 bridgehead atoms. The summed E-state index contributed by atoms with van der Waals surface area (Å²) in [6.45, 7) is 2.59. The van der Waals surface area contributed by atoms with Gasteiger partial charge in [0.05, 0.1) is 8.34 Å². The van der Waals surface area contributed by atoms with Crippen molar-refractivity contribution < 1.29 is 4.57 Å². The lowest BCUT2D eigenvalue weighted by Gasteiger charge is -1.43. The molecule has 0 aliphatic heterocycles. The molecule has 0 heterocycles. The Kier molecular flexibility index (Phi) is 3.30. The first-order chi connectivity index (χ1) is 1.91. The van der Waals surface area contributed by atoms with Crippen molar-refractivity contribution in [1.82, 2.24) is 0 Å². The quantitative estimate of drug-likeness (QED) is 0.330. The zero-order valence-corrected chi connectivity index (χ0v) is 3.46. The number of hydrogen-bond donors (Lipinski definition) is 0. The Morgan fingerprint density at radius 1 is 2.00 bits per heavy atom. The molecule has 0 aromatic carbocycles. The molecule has 0 radical (unpaired) electrons. The van der Waals surface area contributed by atoms with E-state index in [0.29, 0.717) is 0 Å². The van der Waals surface area contributed by atoms with E-state index in [0.717, 1.165) is 7.00 Å². The summed E-state index contributed by atoms with van der Waals surface area (Å²) in [6, 6.07) is 0. The Morgan fingerprint density at radius 3 is 2.25 bits per heavy atom. The van der Waals surface area contributed by atoms with Crippen molar-refractivity contribution >= 4 is 15.3 Å². The molecule has 0 aliphatic rings. The summed E-state index contributed by atoms with van der Waals surface area (Å²) in [7, 11) is 0.248. The van der Waals surface area contributed by atoms with Crippen LogP contribution in [0.5, 0.6) is 0 Å². The third-order valence-corrected chi connectivity index (χ3v) is 0.387. The van der Waals surface area contributed by atoms with E-state index in [4.69, 9.17) is 0 Å². The maximum atomic E-state index is 9.27. The summed E-state index contributed by atoms with van der Waals surface area (Å²) in [5, 5.41) is 0. The Hall–Kier alpha value is 0.165. The highest BCUT2D eigenvalue weighted by Crippen LogP contribution is 1.78. The molecule has 0 rings (SSSR count). The highest BCUT2D eigenvalue weighted by molar-refractivity contribution is 7.60. The highest BCUT2D eigenvalue weighted by Gasteiger charge is 1.62. The average Bonchev–Trinajstić information content (AvgIpc) is 1.37. The van der Waals surface area contributed by atoms with Gasteiger partial charge in [-0.25, -0.2) is 0 Å². The van der Waals surface area contributed by atoms with E-state index in [1.165, 1.54) is 0 Å². The van der Waals surface area contributed by atoms with E-state index in [9.17, 15) is 4.57 Å². The van der Waals surface area contributed by atoms with Gasteiger partial charge in [-0.2, -0.15) is 0 Å². The minimum absolute atomic E-state index is 0.248. The van der Waals surface area contributed by atoms with Crippen molar-refractivity contribution in [1.29, 1.82) is 0 Å². The Balaban J connectivity index is 2.30. The third-order valence-electron chi connectivity index (χ3n) is 0.129. The van der Waals surface area contributed by atoms with Crippen LogP contribution in [0.15, 0.2) is 0 Å². The van der Waals surface area contributed by atoms with Crippen molar-refractivity contribution in [2.24, 2.45) is 0 Å². The van der Waals surface area contributed by atoms with Crippen LogP contribution < -0.4 is 0 Å². The zero-order chi connectivity index (χ0) is 3.41. The molecule has 0 aromatic heterocycles. The van der Waals surface area contributed by atoms with Crippen LogP contribution in [-0.4, -0.2) is 7.00 Å². The van der Waals surface area contributed by atoms with Crippen molar-refractivity contribution in [3.63, 3.8) is 0 Å². The summed E-state index contributed by atoms with van der Waals surface area (Å²) in [4.78, 5) is 0. The van der Waals surface area contributed by atoms with E-state index < -0.39 is 0 Å². The SMILES string of the molecule is CBP=O. The van der Waals surface area contributed by atoms with Gasteiger partial charge in [-0.15, -0.1) is 0 Å². The molecule has 0 spiro atoms. The van der Waals surface area contributed by atoms with Gasteiger partial charge < -0.3 is 0 Å². The molecule has 0 saturated heterocycles. The van der Waals surface area contributed by atoms with Crippen molar-refractivity contribution in [2.45, 2.75) is 6.82 Å². The van der Waals surface area contributed by atoms with Crippen molar-refractivity contribution in [3.8, 4) is 0 Å². The molecular weight excluding hydrogens is 69.8 g/mol. The second kappa shape index (κ2) is 3.16. The van der Waals surface area contributed by atoms with Crippen LogP contribution in [0.4, 0.5) is 0 Å². The van der Waals surface area contributed by atoms with Crippen LogP contribution in [0, 0.1) is 0 Å². The molecule has 0 atom stereocenters. The van der Waals surface area contributed by atoms with Gasteiger partial charge in [0.25, 0.3) is 0 Å². The van der Waals surface area contributed by atoms with E-state index in [-0.39, 0.29) is 8.34 Å². The fourth-order valence-electron chi connectivity index (χ4n) is 0. The highest BCUT2D eigenvalue weighted by atomic mass is 31.1. The smallest absolute Gasteiger partial charge is 0.236 e.